The van der Waals surface area contributed by atoms with Crippen molar-refractivity contribution in [3.63, 3.8) is 0 Å². The van der Waals surface area contributed by atoms with Crippen LogP contribution in [0.3, 0.4) is 0 Å². The Bertz CT molecular complexity index is 550. The zero-order valence-electron chi connectivity index (χ0n) is 13.6. The molecule has 24 heavy (non-hydrogen) atoms. The van der Waals surface area contributed by atoms with Gasteiger partial charge in [0.15, 0.2) is 0 Å². The summed E-state index contributed by atoms with van der Waals surface area (Å²) in [5.74, 6) is 0. The number of halogens is 3. The van der Waals surface area contributed by atoms with Crippen LogP contribution in [0, 0.1) is 0 Å². The van der Waals surface area contributed by atoms with E-state index in [0.717, 1.165) is 37.8 Å². The molecule has 1 saturated heterocycles. The van der Waals surface area contributed by atoms with Gasteiger partial charge in [-0.15, -0.1) is 0 Å². The molecule has 2 atom stereocenters. The maximum atomic E-state index is 12.7. The Morgan fingerprint density at radius 2 is 1.58 bits per heavy atom. The second kappa shape index (κ2) is 6.65. The highest BCUT2D eigenvalue weighted by Crippen LogP contribution is 2.37. The summed E-state index contributed by atoms with van der Waals surface area (Å²) in [5.41, 5.74) is -1.24. The third-order valence-corrected chi connectivity index (χ3v) is 5.54. The average molecular weight is 343 g/mol. The highest BCUT2D eigenvalue weighted by Gasteiger charge is 2.39. The number of hydrogen-bond donors (Lipinski definition) is 2. The fraction of sp³-hybridized carbons (Fsp3) is 0.667. The zero-order valence-corrected chi connectivity index (χ0v) is 13.6. The Hall–Kier alpha value is -1.11. The van der Waals surface area contributed by atoms with E-state index in [1.54, 1.807) is 0 Å². The first-order chi connectivity index (χ1) is 11.3. The van der Waals surface area contributed by atoms with Crippen LogP contribution in [0.1, 0.15) is 49.7 Å². The van der Waals surface area contributed by atoms with Gasteiger partial charge < -0.3 is 10.2 Å². The van der Waals surface area contributed by atoms with Gasteiger partial charge in [0.2, 0.25) is 0 Å². The van der Waals surface area contributed by atoms with Crippen LogP contribution in [0.25, 0.3) is 0 Å². The number of hydrogen-bond acceptors (Lipinski definition) is 3. The third kappa shape index (κ3) is 3.60. The van der Waals surface area contributed by atoms with Crippen molar-refractivity contribution in [1.82, 2.24) is 4.90 Å². The largest absolute Gasteiger partial charge is 0.416 e. The van der Waals surface area contributed by atoms with E-state index in [-0.39, 0.29) is 12.1 Å². The van der Waals surface area contributed by atoms with E-state index in [2.05, 4.69) is 4.90 Å². The molecule has 3 rings (SSSR count). The maximum absolute atomic E-state index is 12.7. The van der Waals surface area contributed by atoms with Gasteiger partial charge in [0.25, 0.3) is 0 Å². The van der Waals surface area contributed by atoms with Crippen LogP contribution in [0.4, 0.5) is 13.2 Å². The Morgan fingerprint density at radius 1 is 1.00 bits per heavy atom. The molecule has 2 aliphatic rings. The first-order valence-corrected chi connectivity index (χ1v) is 8.62. The second-order valence-corrected chi connectivity index (χ2v) is 7.06. The van der Waals surface area contributed by atoms with Gasteiger partial charge in [0.1, 0.15) is 0 Å². The van der Waals surface area contributed by atoms with Crippen molar-refractivity contribution < 1.29 is 23.4 Å². The lowest BCUT2D eigenvalue weighted by molar-refractivity contribution is -0.137. The van der Waals surface area contributed by atoms with Crippen LogP contribution in [0.2, 0.25) is 0 Å². The summed E-state index contributed by atoms with van der Waals surface area (Å²) in [5, 5.41) is 21.0. The topological polar surface area (TPSA) is 43.7 Å². The summed E-state index contributed by atoms with van der Waals surface area (Å²) < 4.78 is 38.0. The number of benzene rings is 1. The second-order valence-electron chi connectivity index (χ2n) is 7.06. The van der Waals surface area contributed by atoms with Crippen molar-refractivity contribution in [2.75, 3.05) is 13.1 Å². The summed E-state index contributed by atoms with van der Waals surface area (Å²) in [4.78, 5) is 2.22. The average Bonchev–Trinajstić information content (AvgIpc) is 2.56. The first kappa shape index (κ1) is 17.7. The minimum atomic E-state index is -4.36. The maximum Gasteiger partial charge on any atom is 0.416 e. The monoisotopic (exact) mass is 343 g/mol. The number of piperidine rings is 1. The molecule has 2 fully saturated rings. The Morgan fingerprint density at radius 3 is 2.12 bits per heavy atom. The summed E-state index contributed by atoms with van der Waals surface area (Å²) in [6.45, 7) is 1.30. The quantitative estimate of drug-likeness (QED) is 0.866. The van der Waals surface area contributed by atoms with Crippen LogP contribution in [-0.2, 0) is 11.8 Å². The number of likely N-dealkylation sites (tertiary alicyclic amines) is 1. The molecule has 0 unspecified atom stereocenters. The summed E-state index contributed by atoms with van der Waals surface area (Å²) in [6.07, 6.45) is 0.244. The molecule has 1 aromatic rings. The molecule has 0 bridgehead atoms. The van der Waals surface area contributed by atoms with E-state index < -0.39 is 17.3 Å². The van der Waals surface area contributed by atoms with Crippen LogP contribution < -0.4 is 0 Å². The molecule has 1 aromatic carbocycles. The molecule has 0 aromatic heterocycles. The number of aliphatic hydroxyl groups excluding tert-OH is 1. The lowest BCUT2D eigenvalue weighted by atomic mass is 9.82. The van der Waals surface area contributed by atoms with Crippen LogP contribution >= 0.6 is 0 Å². The molecule has 134 valence electrons. The Balaban J connectivity index is 1.66. The fourth-order valence-corrected chi connectivity index (χ4v) is 4.00. The van der Waals surface area contributed by atoms with Crippen molar-refractivity contribution in [2.24, 2.45) is 0 Å². The molecule has 0 spiro atoms. The van der Waals surface area contributed by atoms with E-state index in [9.17, 15) is 23.4 Å². The molecule has 0 radical (unpaired) electrons. The van der Waals surface area contributed by atoms with Gasteiger partial charge in [0, 0.05) is 19.1 Å². The molecule has 6 heteroatoms. The van der Waals surface area contributed by atoms with Crippen LogP contribution in [0.15, 0.2) is 24.3 Å². The molecule has 1 aliphatic carbocycles. The van der Waals surface area contributed by atoms with Gasteiger partial charge in [-0.3, -0.25) is 4.90 Å². The molecule has 1 heterocycles. The van der Waals surface area contributed by atoms with Crippen LogP contribution in [-0.4, -0.2) is 40.3 Å². The van der Waals surface area contributed by atoms with Crippen molar-refractivity contribution in [1.29, 1.82) is 0 Å². The molecule has 1 aliphatic heterocycles. The lowest BCUT2D eigenvalue weighted by Crippen LogP contribution is -2.51. The zero-order chi connectivity index (χ0) is 17.4. The van der Waals surface area contributed by atoms with Crippen molar-refractivity contribution >= 4 is 0 Å². The van der Waals surface area contributed by atoms with Crippen molar-refractivity contribution in [3.8, 4) is 0 Å². The van der Waals surface area contributed by atoms with Gasteiger partial charge in [-0.1, -0.05) is 25.0 Å². The van der Waals surface area contributed by atoms with Gasteiger partial charge in [-0.25, -0.2) is 0 Å². The normalized spacial score (nSPS) is 28.7. The summed E-state index contributed by atoms with van der Waals surface area (Å²) in [7, 11) is 0. The van der Waals surface area contributed by atoms with E-state index in [1.807, 2.05) is 0 Å². The number of alkyl halides is 3. The van der Waals surface area contributed by atoms with E-state index >= 15 is 0 Å². The first-order valence-electron chi connectivity index (χ1n) is 8.62. The Kier molecular flexibility index (Phi) is 4.91. The minimum Gasteiger partial charge on any atom is -0.391 e. The number of rotatable bonds is 2. The molecule has 1 saturated carbocycles. The predicted octanol–water partition coefficient (Wildman–Crippen LogP) is 3.29. The van der Waals surface area contributed by atoms with Crippen LogP contribution in [0.5, 0.6) is 0 Å². The molecule has 2 N–H and O–H groups in total. The minimum absolute atomic E-state index is 0.149. The van der Waals surface area contributed by atoms with Crippen molar-refractivity contribution in [3.05, 3.63) is 35.4 Å². The van der Waals surface area contributed by atoms with E-state index in [0.29, 0.717) is 31.5 Å². The smallest absolute Gasteiger partial charge is 0.391 e. The number of aliphatic hydroxyl groups is 2. The predicted molar refractivity (Wildman–Crippen MR) is 84.4 cm³/mol. The highest BCUT2D eigenvalue weighted by molar-refractivity contribution is 5.29. The van der Waals surface area contributed by atoms with Gasteiger partial charge in [-0.2, -0.15) is 13.2 Å². The number of nitrogens with zero attached hydrogens (tertiary/aromatic N) is 1. The van der Waals surface area contributed by atoms with E-state index in [4.69, 9.17) is 0 Å². The SMILES string of the molecule is O[C@@H]1CCCC[C@H]1N1CCC(O)(c2ccc(C(F)(F)F)cc2)CC1. The van der Waals surface area contributed by atoms with E-state index in [1.165, 1.54) is 12.1 Å². The highest BCUT2D eigenvalue weighted by atomic mass is 19.4. The van der Waals surface area contributed by atoms with Gasteiger partial charge in [0.05, 0.1) is 17.3 Å². The fourth-order valence-electron chi connectivity index (χ4n) is 4.00. The third-order valence-electron chi connectivity index (χ3n) is 5.54. The van der Waals surface area contributed by atoms with Crippen molar-refractivity contribution in [2.45, 2.75) is 62.4 Å². The molecular formula is C18H24F3NO2. The lowest BCUT2D eigenvalue weighted by Gasteiger charge is -2.44. The molecular weight excluding hydrogens is 319 g/mol. The van der Waals surface area contributed by atoms with Gasteiger partial charge >= 0.3 is 6.18 Å². The summed E-state index contributed by atoms with van der Waals surface area (Å²) >= 11 is 0. The van der Waals surface area contributed by atoms with Gasteiger partial charge in [-0.05, 0) is 43.4 Å². The molecule has 3 nitrogen and oxygen atoms in total. The standard InChI is InChI=1S/C18H24F3NO2/c19-18(20,21)14-7-5-13(6-8-14)17(24)9-11-22(12-10-17)15-3-1-2-4-16(15)23/h5-8,15-16,23-24H,1-4,9-12H2/t15-,16-/m1/s1. The Labute approximate surface area is 140 Å². The summed E-state index contributed by atoms with van der Waals surface area (Å²) in [6, 6.07) is 4.98. The molecule has 0 amide bonds.